The molecule has 0 radical (unpaired) electrons. The molecule has 0 saturated carbocycles. The van der Waals surface area contributed by atoms with Crippen molar-refractivity contribution >= 4 is 16.9 Å². The van der Waals surface area contributed by atoms with Gasteiger partial charge in [0.25, 0.3) is 0 Å². The number of ether oxygens (including phenoxy) is 1. The number of hydrogen-bond donors (Lipinski definition) is 3. The molecule has 0 unspecified atom stereocenters. The molecule has 0 saturated heterocycles. The maximum atomic E-state index is 13.2. The molecule has 0 aliphatic carbocycles. The van der Waals surface area contributed by atoms with Crippen molar-refractivity contribution in [3.05, 3.63) is 35.8 Å². The Hall–Kier alpha value is -2.08. The average molecular weight is 334 g/mol. The summed E-state index contributed by atoms with van der Waals surface area (Å²) in [6.45, 7) is 2.49. The summed E-state index contributed by atoms with van der Waals surface area (Å²) < 4.78 is 18.2. The summed E-state index contributed by atoms with van der Waals surface area (Å²) in [7, 11) is 3.50. The number of methoxy groups -OCH3 is 1. The topological polar surface area (TPSA) is 61.4 Å². The second-order valence-corrected chi connectivity index (χ2v) is 5.73. The molecule has 1 aromatic heterocycles. The van der Waals surface area contributed by atoms with Gasteiger partial charge in [0.05, 0.1) is 0 Å². The standard InChI is InChI=1S/C18H27FN4O/c1-20-18(21-9-4-3-5-11-24-2)22-10-8-14-13-23-17-12-15(19)6-7-16(14)17/h6-7,12-13,23H,3-5,8-11H2,1-2H3,(H2,20,21,22). The van der Waals surface area contributed by atoms with Crippen LogP contribution in [0.25, 0.3) is 10.9 Å². The smallest absolute Gasteiger partial charge is 0.190 e. The zero-order valence-corrected chi connectivity index (χ0v) is 14.5. The van der Waals surface area contributed by atoms with Gasteiger partial charge in [-0.15, -0.1) is 0 Å². The number of aliphatic imine (C=N–C) groups is 1. The van der Waals surface area contributed by atoms with Crippen LogP contribution in [-0.2, 0) is 11.2 Å². The van der Waals surface area contributed by atoms with Gasteiger partial charge in [-0.2, -0.15) is 0 Å². The van der Waals surface area contributed by atoms with Gasteiger partial charge in [-0.3, -0.25) is 4.99 Å². The van der Waals surface area contributed by atoms with Gasteiger partial charge in [0.2, 0.25) is 0 Å². The molecule has 2 rings (SSSR count). The number of guanidine groups is 1. The largest absolute Gasteiger partial charge is 0.385 e. The molecule has 0 bridgehead atoms. The van der Waals surface area contributed by atoms with Crippen molar-refractivity contribution < 1.29 is 9.13 Å². The molecule has 0 aliphatic heterocycles. The molecular weight excluding hydrogens is 307 g/mol. The molecule has 132 valence electrons. The Labute approximate surface area is 142 Å². The van der Waals surface area contributed by atoms with E-state index in [0.717, 1.165) is 62.2 Å². The fourth-order valence-corrected chi connectivity index (χ4v) is 2.66. The first-order chi connectivity index (χ1) is 11.7. The Morgan fingerprint density at radius 3 is 2.83 bits per heavy atom. The predicted octanol–water partition coefficient (Wildman–Crippen LogP) is 2.83. The number of nitrogens with zero attached hydrogens (tertiary/aromatic N) is 1. The molecule has 24 heavy (non-hydrogen) atoms. The van der Waals surface area contributed by atoms with Crippen molar-refractivity contribution in [2.45, 2.75) is 25.7 Å². The third-order valence-corrected chi connectivity index (χ3v) is 3.96. The van der Waals surface area contributed by atoms with Crippen LogP contribution in [0.3, 0.4) is 0 Å². The second kappa shape index (κ2) is 9.93. The molecule has 1 aromatic carbocycles. The summed E-state index contributed by atoms with van der Waals surface area (Å²) >= 11 is 0. The van der Waals surface area contributed by atoms with Crippen LogP contribution in [-0.4, -0.2) is 44.8 Å². The summed E-state index contributed by atoms with van der Waals surface area (Å²) in [5, 5.41) is 7.69. The number of halogens is 1. The molecule has 2 aromatic rings. The Morgan fingerprint density at radius 2 is 2.04 bits per heavy atom. The molecule has 0 spiro atoms. The first-order valence-corrected chi connectivity index (χ1v) is 8.43. The van der Waals surface area contributed by atoms with Crippen LogP contribution in [0, 0.1) is 5.82 Å². The van der Waals surface area contributed by atoms with E-state index >= 15 is 0 Å². The lowest BCUT2D eigenvalue weighted by Gasteiger charge is -2.11. The van der Waals surface area contributed by atoms with E-state index in [2.05, 4.69) is 20.6 Å². The number of benzene rings is 1. The Balaban J connectivity index is 1.71. The Morgan fingerprint density at radius 1 is 1.21 bits per heavy atom. The van der Waals surface area contributed by atoms with Crippen LogP contribution in [0.15, 0.2) is 29.4 Å². The first-order valence-electron chi connectivity index (χ1n) is 8.43. The summed E-state index contributed by atoms with van der Waals surface area (Å²) in [5.41, 5.74) is 2.01. The van der Waals surface area contributed by atoms with Gasteiger partial charge in [0.15, 0.2) is 5.96 Å². The number of rotatable bonds is 9. The average Bonchev–Trinajstić information content (AvgIpc) is 2.98. The van der Waals surface area contributed by atoms with E-state index in [1.807, 2.05) is 12.3 Å². The maximum absolute atomic E-state index is 13.2. The van der Waals surface area contributed by atoms with Crippen molar-refractivity contribution in [3.63, 3.8) is 0 Å². The molecule has 0 fully saturated rings. The van der Waals surface area contributed by atoms with Crippen molar-refractivity contribution in [2.75, 3.05) is 33.9 Å². The number of unbranched alkanes of at least 4 members (excludes halogenated alkanes) is 2. The minimum Gasteiger partial charge on any atom is -0.385 e. The van der Waals surface area contributed by atoms with Crippen molar-refractivity contribution in [3.8, 4) is 0 Å². The lowest BCUT2D eigenvalue weighted by Crippen LogP contribution is -2.38. The van der Waals surface area contributed by atoms with Gasteiger partial charge < -0.3 is 20.4 Å². The van der Waals surface area contributed by atoms with E-state index in [1.165, 1.54) is 17.7 Å². The van der Waals surface area contributed by atoms with Crippen molar-refractivity contribution in [1.82, 2.24) is 15.6 Å². The highest BCUT2D eigenvalue weighted by molar-refractivity contribution is 5.83. The number of H-pyrrole nitrogens is 1. The summed E-state index contributed by atoms with van der Waals surface area (Å²) in [6.07, 6.45) is 6.12. The van der Waals surface area contributed by atoms with Gasteiger partial charge in [0.1, 0.15) is 5.82 Å². The minimum atomic E-state index is -0.218. The van der Waals surface area contributed by atoms with Crippen molar-refractivity contribution in [1.29, 1.82) is 0 Å². The molecule has 5 nitrogen and oxygen atoms in total. The highest BCUT2D eigenvalue weighted by Crippen LogP contribution is 2.19. The zero-order valence-electron chi connectivity index (χ0n) is 14.5. The molecular formula is C18H27FN4O. The third kappa shape index (κ3) is 5.53. The zero-order chi connectivity index (χ0) is 17.2. The lowest BCUT2D eigenvalue weighted by molar-refractivity contribution is 0.192. The fraction of sp³-hybridized carbons (Fsp3) is 0.500. The Bertz CT molecular complexity index is 654. The Kier molecular flexibility index (Phi) is 7.55. The molecule has 0 amide bonds. The number of aromatic nitrogens is 1. The van der Waals surface area contributed by atoms with E-state index in [-0.39, 0.29) is 5.82 Å². The first kappa shape index (κ1) is 18.3. The van der Waals surface area contributed by atoms with Gasteiger partial charge in [0, 0.05) is 51.0 Å². The van der Waals surface area contributed by atoms with Crippen LogP contribution < -0.4 is 10.6 Å². The SMILES string of the molecule is CN=C(NCCCCCOC)NCCc1c[nH]c2cc(F)ccc12. The summed E-state index contributed by atoms with van der Waals surface area (Å²) in [5.74, 6) is 0.594. The molecule has 6 heteroatoms. The number of fused-ring (bicyclic) bond motifs is 1. The summed E-state index contributed by atoms with van der Waals surface area (Å²) in [4.78, 5) is 7.34. The van der Waals surface area contributed by atoms with E-state index in [4.69, 9.17) is 4.74 Å². The highest BCUT2D eigenvalue weighted by atomic mass is 19.1. The molecule has 0 aliphatic rings. The second-order valence-electron chi connectivity index (χ2n) is 5.73. The molecule has 0 atom stereocenters. The minimum absolute atomic E-state index is 0.218. The van der Waals surface area contributed by atoms with E-state index < -0.39 is 0 Å². The van der Waals surface area contributed by atoms with E-state index in [1.54, 1.807) is 14.2 Å². The lowest BCUT2D eigenvalue weighted by atomic mass is 10.1. The summed E-state index contributed by atoms with van der Waals surface area (Å²) in [6, 6.07) is 4.84. The van der Waals surface area contributed by atoms with Crippen LogP contribution in [0.4, 0.5) is 4.39 Å². The quantitative estimate of drug-likeness (QED) is 0.375. The van der Waals surface area contributed by atoms with Crippen LogP contribution in [0.5, 0.6) is 0 Å². The van der Waals surface area contributed by atoms with E-state index in [0.29, 0.717) is 0 Å². The maximum Gasteiger partial charge on any atom is 0.190 e. The number of aromatic amines is 1. The van der Waals surface area contributed by atoms with Gasteiger partial charge in [-0.05, 0) is 49.4 Å². The van der Waals surface area contributed by atoms with Gasteiger partial charge in [-0.1, -0.05) is 0 Å². The molecule has 1 heterocycles. The van der Waals surface area contributed by atoms with Crippen molar-refractivity contribution in [2.24, 2.45) is 4.99 Å². The fourth-order valence-electron chi connectivity index (χ4n) is 2.66. The van der Waals surface area contributed by atoms with Crippen LogP contribution >= 0.6 is 0 Å². The third-order valence-electron chi connectivity index (χ3n) is 3.96. The number of nitrogens with one attached hydrogen (secondary N) is 3. The monoisotopic (exact) mass is 334 g/mol. The van der Waals surface area contributed by atoms with E-state index in [9.17, 15) is 4.39 Å². The normalized spacial score (nSPS) is 11.9. The number of hydrogen-bond acceptors (Lipinski definition) is 2. The highest BCUT2D eigenvalue weighted by Gasteiger charge is 2.05. The molecule has 3 N–H and O–H groups in total. The predicted molar refractivity (Wildman–Crippen MR) is 97.1 cm³/mol. The van der Waals surface area contributed by atoms with Gasteiger partial charge in [-0.25, -0.2) is 4.39 Å². The van der Waals surface area contributed by atoms with Crippen LogP contribution in [0.1, 0.15) is 24.8 Å². The van der Waals surface area contributed by atoms with Gasteiger partial charge >= 0.3 is 0 Å². The van der Waals surface area contributed by atoms with Crippen LogP contribution in [0.2, 0.25) is 0 Å².